The predicted octanol–water partition coefficient (Wildman–Crippen LogP) is 5.27. The van der Waals surface area contributed by atoms with Gasteiger partial charge in [-0.3, -0.25) is 0 Å². The van der Waals surface area contributed by atoms with E-state index in [4.69, 9.17) is 16.3 Å². The summed E-state index contributed by atoms with van der Waals surface area (Å²) in [5.74, 6) is 0.248. The second-order valence-electron chi connectivity index (χ2n) is 5.08. The van der Waals surface area contributed by atoms with E-state index in [1.165, 1.54) is 6.08 Å². The Morgan fingerprint density at radius 2 is 1.82 bits per heavy atom. The smallest absolute Gasteiger partial charge is 0.429 e. The average molecular weight is 325 g/mol. The standard InChI is InChI=1S/C17H12ClF3O/c18-14-9-12-6-7-15(17(19,20)21)22-16(12)13(10-14)8-11-4-2-1-3-5-11/h1-7,9-10,15H,8H2. The molecule has 0 N–H and O–H groups in total. The van der Waals surface area contributed by atoms with Crippen LogP contribution in [0.1, 0.15) is 16.7 Å². The summed E-state index contributed by atoms with van der Waals surface area (Å²) >= 11 is 6.06. The highest BCUT2D eigenvalue weighted by molar-refractivity contribution is 6.30. The number of halogens is 4. The molecule has 0 aromatic heterocycles. The summed E-state index contributed by atoms with van der Waals surface area (Å²) in [7, 11) is 0. The molecule has 0 saturated carbocycles. The van der Waals surface area contributed by atoms with Gasteiger partial charge in [-0.05, 0) is 23.8 Å². The third-order valence-electron chi connectivity index (χ3n) is 3.41. The molecule has 0 bridgehead atoms. The van der Waals surface area contributed by atoms with Gasteiger partial charge in [0.05, 0.1) is 0 Å². The maximum atomic E-state index is 12.9. The van der Waals surface area contributed by atoms with Crippen LogP contribution in [0.4, 0.5) is 13.2 Å². The molecule has 0 saturated heterocycles. The van der Waals surface area contributed by atoms with Crippen molar-refractivity contribution >= 4 is 17.7 Å². The zero-order valence-electron chi connectivity index (χ0n) is 11.4. The summed E-state index contributed by atoms with van der Waals surface area (Å²) in [6, 6.07) is 12.7. The molecule has 2 aromatic carbocycles. The monoisotopic (exact) mass is 324 g/mol. The Morgan fingerprint density at radius 1 is 1.09 bits per heavy atom. The van der Waals surface area contributed by atoms with Crippen molar-refractivity contribution in [2.45, 2.75) is 18.7 Å². The van der Waals surface area contributed by atoms with Crippen molar-refractivity contribution in [1.82, 2.24) is 0 Å². The minimum Gasteiger partial charge on any atom is -0.476 e. The topological polar surface area (TPSA) is 9.23 Å². The van der Waals surface area contributed by atoms with Crippen LogP contribution in [0.2, 0.25) is 5.02 Å². The summed E-state index contributed by atoms with van der Waals surface area (Å²) in [5.41, 5.74) is 2.19. The van der Waals surface area contributed by atoms with Crippen LogP contribution in [0, 0.1) is 0 Å². The highest BCUT2D eigenvalue weighted by Crippen LogP contribution is 2.38. The van der Waals surface area contributed by atoms with Crippen LogP contribution in [0.5, 0.6) is 5.75 Å². The fourth-order valence-electron chi connectivity index (χ4n) is 2.42. The van der Waals surface area contributed by atoms with Gasteiger partial charge in [-0.1, -0.05) is 48.0 Å². The third-order valence-corrected chi connectivity index (χ3v) is 3.63. The van der Waals surface area contributed by atoms with Gasteiger partial charge in [0.25, 0.3) is 0 Å². The lowest BCUT2D eigenvalue weighted by atomic mass is 9.99. The van der Waals surface area contributed by atoms with Crippen molar-refractivity contribution in [2.24, 2.45) is 0 Å². The number of alkyl halides is 3. The van der Waals surface area contributed by atoms with E-state index in [0.29, 0.717) is 22.6 Å². The van der Waals surface area contributed by atoms with Gasteiger partial charge >= 0.3 is 6.18 Å². The lowest BCUT2D eigenvalue weighted by Crippen LogP contribution is -2.34. The molecule has 1 atom stereocenters. The molecule has 0 spiro atoms. The fourth-order valence-corrected chi connectivity index (χ4v) is 2.67. The van der Waals surface area contributed by atoms with Crippen molar-refractivity contribution in [3.63, 3.8) is 0 Å². The van der Waals surface area contributed by atoms with E-state index in [0.717, 1.165) is 11.6 Å². The van der Waals surface area contributed by atoms with E-state index in [2.05, 4.69) is 0 Å². The molecule has 0 fully saturated rings. The van der Waals surface area contributed by atoms with Crippen LogP contribution in [-0.4, -0.2) is 12.3 Å². The first-order valence-electron chi connectivity index (χ1n) is 6.71. The van der Waals surface area contributed by atoms with Gasteiger partial charge in [-0.15, -0.1) is 0 Å². The Labute approximate surface area is 131 Å². The van der Waals surface area contributed by atoms with Crippen LogP contribution >= 0.6 is 11.6 Å². The van der Waals surface area contributed by atoms with Crippen LogP contribution < -0.4 is 4.74 Å². The van der Waals surface area contributed by atoms with Crippen LogP contribution in [0.3, 0.4) is 0 Å². The second-order valence-corrected chi connectivity index (χ2v) is 5.52. The van der Waals surface area contributed by atoms with Gasteiger partial charge in [0.15, 0.2) is 0 Å². The van der Waals surface area contributed by atoms with Crippen molar-refractivity contribution < 1.29 is 17.9 Å². The Morgan fingerprint density at radius 3 is 2.50 bits per heavy atom. The van der Waals surface area contributed by atoms with Crippen molar-refractivity contribution in [1.29, 1.82) is 0 Å². The molecule has 22 heavy (non-hydrogen) atoms. The quantitative estimate of drug-likeness (QED) is 0.731. The molecule has 2 aromatic rings. The van der Waals surface area contributed by atoms with E-state index in [1.54, 1.807) is 12.1 Å². The largest absolute Gasteiger partial charge is 0.476 e. The molecule has 0 radical (unpaired) electrons. The minimum absolute atomic E-state index is 0.248. The van der Waals surface area contributed by atoms with Gasteiger partial charge in [0.1, 0.15) is 5.75 Å². The number of rotatable bonds is 2. The molecule has 1 aliphatic heterocycles. The predicted molar refractivity (Wildman–Crippen MR) is 80.2 cm³/mol. The molecular formula is C17H12ClF3O. The van der Waals surface area contributed by atoms with Gasteiger partial charge in [0.2, 0.25) is 6.10 Å². The summed E-state index contributed by atoms with van der Waals surface area (Å²) in [6.45, 7) is 0. The first kappa shape index (κ1) is 15.0. The molecule has 3 rings (SSSR count). The molecule has 114 valence electrons. The van der Waals surface area contributed by atoms with E-state index < -0.39 is 12.3 Å². The van der Waals surface area contributed by atoms with Gasteiger partial charge in [-0.2, -0.15) is 13.2 Å². The van der Waals surface area contributed by atoms with Gasteiger partial charge in [-0.25, -0.2) is 0 Å². The number of hydrogen-bond donors (Lipinski definition) is 0. The second kappa shape index (κ2) is 5.69. The molecule has 1 unspecified atom stereocenters. The summed E-state index contributed by atoms with van der Waals surface area (Å²) in [4.78, 5) is 0. The Kier molecular flexibility index (Phi) is 3.87. The van der Waals surface area contributed by atoms with E-state index in [1.807, 2.05) is 30.3 Å². The lowest BCUT2D eigenvalue weighted by molar-refractivity contribution is -0.180. The Bertz CT molecular complexity index is 708. The van der Waals surface area contributed by atoms with E-state index >= 15 is 0 Å². The highest BCUT2D eigenvalue weighted by Gasteiger charge is 2.41. The number of fused-ring (bicyclic) bond motifs is 1. The summed E-state index contributed by atoms with van der Waals surface area (Å²) in [6.07, 6.45) is -3.47. The van der Waals surface area contributed by atoms with Crippen molar-refractivity contribution in [2.75, 3.05) is 0 Å². The zero-order chi connectivity index (χ0) is 15.7. The van der Waals surface area contributed by atoms with Crippen LogP contribution in [-0.2, 0) is 6.42 Å². The highest BCUT2D eigenvalue weighted by atomic mass is 35.5. The number of benzene rings is 2. The molecule has 0 amide bonds. The lowest BCUT2D eigenvalue weighted by Gasteiger charge is -2.25. The van der Waals surface area contributed by atoms with Crippen LogP contribution in [0.25, 0.3) is 6.08 Å². The molecular weight excluding hydrogens is 313 g/mol. The average Bonchev–Trinajstić information content (AvgIpc) is 2.46. The summed E-state index contributed by atoms with van der Waals surface area (Å²) in [5, 5.41) is 0.475. The molecule has 5 heteroatoms. The zero-order valence-corrected chi connectivity index (χ0v) is 12.2. The number of hydrogen-bond acceptors (Lipinski definition) is 1. The maximum Gasteiger partial charge on any atom is 0.429 e. The maximum absolute atomic E-state index is 12.9. The molecule has 0 aliphatic carbocycles. The van der Waals surface area contributed by atoms with Gasteiger partial charge in [0, 0.05) is 22.6 Å². The fraction of sp³-hybridized carbons (Fsp3) is 0.176. The first-order valence-corrected chi connectivity index (χ1v) is 7.09. The van der Waals surface area contributed by atoms with E-state index in [9.17, 15) is 13.2 Å². The minimum atomic E-state index is -4.43. The van der Waals surface area contributed by atoms with E-state index in [-0.39, 0.29) is 5.75 Å². The summed E-state index contributed by atoms with van der Waals surface area (Å²) < 4.78 is 43.8. The SMILES string of the molecule is FC(F)(F)C1C=Cc2cc(Cl)cc(Cc3ccccc3)c2O1. The van der Waals surface area contributed by atoms with Gasteiger partial charge < -0.3 is 4.74 Å². The van der Waals surface area contributed by atoms with Crippen molar-refractivity contribution in [3.8, 4) is 5.75 Å². The van der Waals surface area contributed by atoms with Crippen LogP contribution in [0.15, 0.2) is 48.5 Å². The van der Waals surface area contributed by atoms with Crippen molar-refractivity contribution in [3.05, 3.63) is 70.3 Å². The molecule has 1 heterocycles. The normalized spacial score (nSPS) is 17.0. The Hall–Kier alpha value is -1.94. The molecule has 1 nitrogen and oxygen atoms in total. The Balaban J connectivity index is 1.99. The number of ether oxygens (including phenoxy) is 1. The molecule has 1 aliphatic rings. The first-order chi connectivity index (χ1) is 10.4. The third kappa shape index (κ3) is 3.12.